The molecule has 0 aromatic rings. The van der Waals surface area contributed by atoms with Crippen LogP contribution in [-0.4, -0.2) is 5.97 Å². The van der Waals surface area contributed by atoms with Crippen molar-refractivity contribution in [1.29, 1.82) is 0 Å². The average molecular weight is 230 g/mol. The topological polar surface area (TPSA) is 26.3 Å². The monoisotopic (exact) mass is 230 g/mol. The molecule has 2 aliphatic carbocycles. The molecule has 3 atom stereocenters. The van der Waals surface area contributed by atoms with Crippen LogP contribution in [0.5, 0.6) is 0 Å². The van der Waals surface area contributed by atoms with Crippen LogP contribution in [0.15, 0.2) is 34.6 Å². The van der Waals surface area contributed by atoms with Gasteiger partial charge in [-0.25, -0.2) is 4.79 Å². The third kappa shape index (κ3) is 1.50. The van der Waals surface area contributed by atoms with Crippen LogP contribution < -0.4 is 0 Å². The van der Waals surface area contributed by atoms with Gasteiger partial charge in [-0.1, -0.05) is 18.6 Å². The maximum atomic E-state index is 11.7. The Morgan fingerprint density at radius 2 is 2.06 bits per heavy atom. The summed E-state index contributed by atoms with van der Waals surface area (Å²) in [6, 6.07) is 0. The minimum absolute atomic E-state index is 0.157. The molecular weight excluding hydrogens is 212 g/mol. The Labute approximate surface area is 102 Å². The van der Waals surface area contributed by atoms with E-state index in [1.165, 1.54) is 18.4 Å². The zero-order valence-corrected chi connectivity index (χ0v) is 10.6. The second-order valence-electron chi connectivity index (χ2n) is 5.56. The van der Waals surface area contributed by atoms with E-state index in [0.717, 1.165) is 16.9 Å². The van der Waals surface area contributed by atoms with Gasteiger partial charge in [-0.05, 0) is 44.6 Å². The number of fused-ring (bicyclic) bond motifs is 3. The van der Waals surface area contributed by atoms with Gasteiger partial charge in [-0.2, -0.15) is 0 Å². The van der Waals surface area contributed by atoms with E-state index >= 15 is 0 Å². The molecule has 3 aliphatic rings. The molecule has 0 saturated heterocycles. The van der Waals surface area contributed by atoms with Crippen molar-refractivity contribution in [2.24, 2.45) is 17.8 Å². The lowest BCUT2D eigenvalue weighted by Gasteiger charge is -2.37. The summed E-state index contributed by atoms with van der Waals surface area (Å²) in [5.41, 5.74) is 3.40. The molecule has 3 rings (SSSR count). The minimum atomic E-state index is -0.157. The van der Waals surface area contributed by atoms with E-state index in [-0.39, 0.29) is 5.97 Å². The zero-order valence-electron chi connectivity index (χ0n) is 10.6. The van der Waals surface area contributed by atoms with E-state index in [1.54, 1.807) is 0 Å². The largest absolute Gasteiger partial charge is 0.423 e. The van der Waals surface area contributed by atoms with Gasteiger partial charge in [0, 0.05) is 17.1 Å². The first-order valence-electron chi connectivity index (χ1n) is 6.40. The molecule has 0 bridgehead atoms. The van der Waals surface area contributed by atoms with Crippen LogP contribution in [0.1, 0.15) is 33.6 Å². The molecule has 17 heavy (non-hydrogen) atoms. The molecule has 2 heteroatoms. The molecule has 1 aliphatic heterocycles. The van der Waals surface area contributed by atoms with Gasteiger partial charge in [0.05, 0.1) is 0 Å². The molecule has 0 N–H and O–H groups in total. The Hall–Kier alpha value is -1.31. The van der Waals surface area contributed by atoms with Crippen LogP contribution in [0.4, 0.5) is 0 Å². The Kier molecular flexibility index (Phi) is 2.29. The zero-order chi connectivity index (χ0) is 12.2. The SMILES string of the molecule is CC1=C[C@H]2C3=C(C)C(=O)OC3=C[C@H](C)[C@H]2CC1. The Morgan fingerprint density at radius 1 is 1.29 bits per heavy atom. The predicted molar refractivity (Wildman–Crippen MR) is 66.0 cm³/mol. The summed E-state index contributed by atoms with van der Waals surface area (Å²) in [4.78, 5) is 11.7. The van der Waals surface area contributed by atoms with Crippen LogP contribution in [0.3, 0.4) is 0 Å². The summed E-state index contributed by atoms with van der Waals surface area (Å²) in [5.74, 6) is 2.21. The van der Waals surface area contributed by atoms with Gasteiger partial charge < -0.3 is 4.74 Å². The van der Waals surface area contributed by atoms with E-state index in [2.05, 4.69) is 26.0 Å². The summed E-state index contributed by atoms with van der Waals surface area (Å²) in [6.07, 6.45) is 6.90. The highest BCUT2D eigenvalue weighted by molar-refractivity contribution is 5.94. The fourth-order valence-electron chi connectivity index (χ4n) is 3.40. The van der Waals surface area contributed by atoms with Crippen molar-refractivity contribution in [2.75, 3.05) is 0 Å². The van der Waals surface area contributed by atoms with Gasteiger partial charge in [0.1, 0.15) is 5.76 Å². The smallest absolute Gasteiger partial charge is 0.339 e. The normalized spacial score (nSPS) is 35.9. The third-order valence-electron chi connectivity index (χ3n) is 4.40. The van der Waals surface area contributed by atoms with Crippen molar-refractivity contribution in [2.45, 2.75) is 33.6 Å². The molecular formula is C15H18O2. The maximum absolute atomic E-state index is 11.7. The molecule has 0 aromatic carbocycles. The highest BCUT2D eigenvalue weighted by Gasteiger charge is 2.41. The van der Waals surface area contributed by atoms with Gasteiger partial charge in [-0.3, -0.25) is 0 Å². The van der Waals surface area contributed by atoms with Crippen molar-refractivity contribution >= 4 is 5.97 Å². The summed E-state index contributed by atoms with van der Waals surface area (Å²) in [5, 5.41) is 0. The fourth-order valence-corrected chi connectivity index (χ4v) is 3.40. The number of hydrogen-bond donors (Lipinski definition) is 0. The summed E-state index contributed by atoms with van der Waals surface area (Å²) in [7, 11) is 0. The molecule has 0 aromatic heterocycles. The molecule has 0 amide bonds. The number of rotatable bonds is 0. The minimum Gasteiger partial charge on any atom is -0.423 e. The molecule has 0 radical (unpaired) electrons. The molecule has 2 nitrogen and oxygen atoms in total. The number of hydrogen-bond acceptors (Lipinski definition) is 2. The lowest BCUT2D eigenvalue weighted by molar-refractivity contribution is -0.133. The first-order valence-corrected chi connectivity index (χ1v) is 6.40. The van der Waals surface area contributed by atoms with Crippen LogP contribution >= 0.6 is 0 Å². The number of carbonyl (C=O) groups excluding carboxylic acids is 1. The van der Waals surface area contributed by atoms with E-state index in [1.807, 2.05) is 6.92 Å². The lowest BCUT2D eigenvalue weighted by Crippen LogP contribution is -2.28. The second kappa shape index (κ2) is 3.59. The van der Waals surface area contributed by atoms with Crippen LogP contribution in [-0.2, 0) is 9.53 Å². The number of carbonyl (C=O) groups is 1. The highest BCUT2D eigenvalue weighted by Crippen LogP contribution is 2.48. The number of esters is 1. The van der Waals surface area contributed by atoms with Crippen molar-refractivity contribution in [3.63, 3.8) is 0 Å². The van der Waals surface area contributed by atoms with Gasteiger partial charge >= 0.3 is 5.97 Å². The molecule has 0 spiro atoms. The molecule has 1 heterocycles. The second-order valence-corrected chi connectivity index (χ2v) is 5.56. The van der Waals surface area contributed by atoms with Crippen molar-refractivity contribution < 1.29 is 9.53 Å². The standard InChI is InChI=1S/C15H18O2/c1-8-4-5-11-9(2)7-13-14(12(11)6-8)10(3)15(16)17-13/h6-7,9,11-12H,4-5H2,1-3H3/t9-,11+,12+/m0/s1. The van der Waals surface area contributed by atoms with Gasteiger partial charge in [-0.15, -0.1) is 0 Å². The van der Waals surface area contributed by atoms with Gasteiger partial charge in [0.2, 0.25) is 0 Å². The fraction of sp³-hybridized carbons (Fsp3) is 0.533. The van der Waals surface area contributed by atoms with E-state index in [4.69, 9.17) is 4.74 Å². The molecule has 0 saturated carbocycles. The summed E-state index contributed by atoms with van der Waals surface area (Å²) >= 11 is 0. The Morgan fingerprint density at radius 3 is 2.82 bits per heavy atom. The Bertz CT molecular complexity index is 479. The van der Waals surface area contributed by atoms with Crippen LogP contribution in [0.2, 0.25) is 0 Å². The van der Waals surface area contributed by atoms with Gasteiger partial charge in [0.25, 0.3) is 0 Å². The molecule has 90 valence electrons. The maximum Gasteiger partial charge on any atom is 0.339 e. The third-order valence-corrected chi connectivity index (χ3v) is 4.40. The predicted octanol–water partition coefficient (Wildman–Crippen LogP) is 3.37. The summed E-state index contributed by atoms with van der Waals surface area (Å²) < 4.78 is 5.35. The Balaban J connectivity index is 2.14. The molecule has 0 fully saturated rings. The number of allylic oxidation sites excluding steroid dienone is 4. The van der Waals surface area contributed by atoms with Crippen molar-refractivity contribution in [1.82, 2.24) is 0 Å². The average Bonchev–Trinajstić information content (AvgIpc) is 2.54. The highest BCUT2D eigenvalue weighted by atomic mass is 16.5. The quantitative estimate of drug-likeness (QED) is 0.471. The van der Waals surface area contributed by atoms with E-state index in [0.29, 0.717) is 17.8 Å². The first kappa shape index (κ1) is 10.8. The first-order chi connectivity index (χ1) is 8.08. The van der Waals surface area contributed by atoms with Crippen molar-refractivity contribution in [3.8, 4) is 0 Å². The van der Waals surface area contributed by atoms with Crippen LogP contribution in [0, 0.1) is 17.8 Å². The summed E-state index contributed by atoms with van der Waals surface area (Å²) in [6.45, 7) is 6.31. The van der Waals surface area contributed by atoms with Gasteiger partial charge in [0.15, 0.2) is 0 Å². The lowest BCUT2D eigenvalue weighted by atomic mass is 9.67. The van der Waals surface area contributed by atoms with E-state index in [9.17, 15) is 4.79 Å². The molecule has 0 unspecified atom stereocenters. The van der Waals surface area contributed by atoms with Crippen LogP contribution in [0.25, 0.3) is 0 Å². The van der Waals surface area contributed by atoms with E-state index < -0.39 is 0 Å². The number of ether oxygens (including phenoxy) is 1. The van der Waals surface area contributed by atoms with Crippen molar-refractivity contribution in [3.05, 3.63) is 34.6 Å².